The number of carboxylic acids is 1. The third kappa shape index (κ3) is 2.95. The van der Waals surface area contributed by atoms with Gasteiger partial charge in [-0.3, -0.25) is 18.9 Å². The number of carbonyl (C=O) groups is 1. The number of pyridine rings is 1. The highest BCUT2D eigenvalue weighted by Crippen LogP contribution is 2.18. The minimum absolute atomic E-state index is 0.0870. The molecule has 0 saturated carbocycles. The van der Waals surface area contributed by atoms with Crippen molar-refractivity contribution in [1.29, 1.82) is 0 Å². The van der Waals surface area contributed by atoms with Crippen molar-refractivity contribution in [2.24, 2.45) is 5.92 Å². The van der Waals surface area contributed by atoms with Gasteiger partial charge in [0.2, 0.25) is 0 Å². The highest BCUT2D eigenvalue weighted by atomic mass is 16.4. The first-order chi connectivity index (χ1) is 10.1. The van der Waals surface area contributed by atoms with Gasteiger partial charge in [-0.15, -0.1) is 0 Å². The zero-order valence-corrected chi connectivity index (χ0v) is 11.6. The van der Waals surface area contributed by atoms with Crippen molar-refractivity contribution in [2.45, 2.75) is 19.4 Å². The Bertz CT molecular complexity index is 717. The number of aromatic nitrogens is 2. The molecule has 3 heterocycles. The van der Waals surface area contributed by atoms with Crippen molar-refractivity contribution < 1.29 is 9.90 Å². The zero-order chi connectivity index (χ0) is 14.8. The predicted octanol–water partition coefficient (Wildman–Crippen LogP) is 0.991. The Balaban J connectivity index is 1.74. The van der Waals surface area contributed by atoms with Crippen molar-refractivity contribution in [3.05, 3.63) is 46.5 Å². The monoisotopic (exact) mass is 287 g/mol. The lowest BCUT2D eigenvalue weighted by molar-refractivity contribution is -0.143. The van der Waals surface area contributed by atoms with E-state index in [2.05, 4.69) is 9.88 Å². The topological polar surface area (TPSA) is 74.9 Å². The number of rotatable bonds is 3. The first-order valence-electron chi connectivity index (χ1n) is 7.06. The van der Waals surface area contributed by atoms with Gasteiger partial charge in [0.1, 0.15) is 5.65 Å². The van der Waals surface area contributed by atoms with E-state index in [1.54, 1.807) is 18.3 Å². The second kappa shape index (κ2) is 5.65. The molecule has 1 fully saturated rings. The molecule has 0 unspecified atom stereocenters. The number of nitrogens with zero attached hydrogens (tertiary/aromatic N) is 3. The molecule has 2 aromatic heterocycles. The summed E-state index contributed by atoms with van der Waals surface area (Å²) in [6, 6.07) is 7.01. The van der Waals surface area contributed by atoms with Gasteiger partial charge in [0, 0.05) is 18.8 Å². The van der Waals surface area contributed by atoms with Crippen molar-refractivity contribution in [3.63, 3.8) is 0 Å². The standard InChI is InChI=1S/C15H17N3O3/c19-14-9-12(16-13-3-1-2-6-18(13)14)10-17-7-4-11(5-8-17)15(20)21/h1-3,6,9,11H,4-5,7-8,10H2,(H,20,21). The summed E-state index contributed by atoms with van der Waals surface area (Å²) in [5.74, 6) is -0.951. The number of hydrogen-bond donors (Lipinski definition) is 1. The molecule has 1 aliphatic heterocycles. The predicted molar refractivity (Wildman–Crippen MR) is 77.1 cm³/mol. The Morgan fingerprint density at radius 3 is 2.81 bits per heavy atom. The van der Waals surface area contributed by atoms with Gasteiger partial charge in [0.05, 0.1) is 11.6 Å². The molecule has 2 aromatic rings. The summed E-state index contributed by atoms with van der Waals surface area (Å²) in [7, 11) is 0. The maximum Gasteiger partial charge on any atom is 0.306 e. The van der Waals surface area contributed by atoms with Gasteiger partial charge in [-0.2, -0.15) is 0 Å². The second-order valence-electron chi connectivity index (χ2n) is 5.40. The van der Waals surface area contributed by atoms with E-state index in [4.69, 9.17) is 5.11 Å². The molecule has 0 aromatic carbocycles. The molecule has 0 spiro atoms. The van der Waals surface area contributed by atoms with Crippen LogP contribution in [0.2, 0.25) is 0 Å². The molecule has 0 amide bonds. The highest BCUT2D eigenvalue weighted by molar-refractivity contribution is 5.70. The van der Waals surface area contributed by atoms with Crippen molar-refractivity contribution in [3.8, 4) is 0 Å². The Morgan fingerprint density at radius 1 is 1.33 bits per heavy atom. The maximum atomic E-state index is 12.0. The third-order valence-electron chi connectivity index (χ3n) is 3.95. The lowest BCUT2D eigenvalue weighted by Crippen LogP contribution is -2.36. The van der Waals surface area contributed by atoms with Gasteiger partial charge in [-0.1, -0.05) is 6.07 Å². The van der Waals surface area contributed by atoms with Crippen LogP contribution in [0.4, 0.5) is 0 Å². The molecule has 1 saturated heterocycles. The van der Waals surface area contributed by atoms with E-state index in [1.807, 2.05) is 12.1 Å². The van der Waals surface area contributed by atoms with Crippen LogP contribution in [0.3, 0.4) is 0 Å². The molecular formula is C15H17N3O3. The van der Waals surface area contributed by atoms with Gasteiger partial charge in [0.25, 0.3) is 5.56 Å². The van der Waals surface area contributed by atoms with Crippen molar-refractivity contribution >= 4 is 11.6 Å². The summed E-state index contributed by atoms with van der Waals surface area (Å²) in [5, 5.41) is 8.99. The minimum atomic E-state index is -0.711. The number of aliphatic carboxylic acids is 1. The molecule has 0 bridgehead atoms. The average molecular weight is 287 g/mol. The fourth-order valence-electron chi connectivity index (χ4n) is 2.75. The van der Waals surface area contributed by atoms with Crippen LogP contribution in [0.15, 0.2) is 35.3 Å². The van der Waals surface area contributed by atoms with Crippen LogP contribution in [-0.2, 0) is 11.3 Å². The Labute approximate surface area is 121 Å². The summed E-state index contributed by atoms with van der Waals surface area (Å²) >= 11 is 0. The minimum Gasteiger partial charge on any atom is -0.481 e. The SMILES string of the molecule is O=C(O)C1CCN(Cc2cc(=O)n3ccccc3n2)CC1. The van der Waals surface area contributed by atoms with E-state index in [0.717, 1.165) is 18.8 Å². The number of hydrogen-bond acceptors (Lipinski definition) is 4. The summed E-state index contributed by atoms with van der Waals surface area (Å²) < 4.78 is 1.51. The summed E-state index contributed by atoms with van der Waals surface area (Å²) in [6.07, 6.45) is 3.01. The quantitative estimate of drug-likeness (QED) is 0.911. The zero-order valence-electron chi connectivity index (χ0n) is 11.6. The molecular weight excluding hydrogens is 270 g/mol. The van der Waals surface area contributed by atoms with Crippen molar-refractivity contribution in [2.75, 3.05) is 13.1 Å². The smallest absolute Gasteiger partial charge is 0.306 e. The van der Waals surface area contributed by atoms with E-state index in [-0.39, 0.29) is 11.5 Å². The van der Waals surface area contributed by atoms with Gasteiger partial charge >= 0.3 is 5.97 Å². The molecule has 0 aliphatic carbocycles. The lowest BCUT2D eigenvalue weighted by atomic mass is 9.97. The Morgan fingerprint density at radius 2 is 2.10 bits per heavy atom. The first-order valence-corrected chi connectivity index (χ1v) is 7.06. The van der Waals surface area contributed by atoms with Crippen LogP contribution in [-0.4, -0.2) is 38.4 Å². The van der Waals surface area contributed by atoms with Gasteiger partial charge < -0.3 is 5.11 Å². The fourth-order valence-corrected chi connectivity index (χ4v) is 2.75. The normalized spacial score (nSPS) is 17.1. The summed E-state index contributed by atoms with van der Waals surface area (Å²) in [6.45, 7) is 2.05. The molecule has 0 radical (unpaired) electrons. The van der Waals surface area contributed by atoms with Crippen LogP contribution in [0.5, 0.6) is 0 Å². The lowest BCUT2D eigenvalue weighted by Gasteiger charge is -2.29. The van der Waals surface area contributed by atoms with E-state index >= 15 is 0 Å². The number of likely N-dealkylation sites (tertiary alicyclic amines) is 1. The largest absolute Gasteiger partial charge is 0.481 e. The number of piperidine rings is 1. The molecule has 0 atom stereocenters. The number of fused-ring (bicyclic) bond motifs is 1. The van der Waals surface area contributed by atoms with Crippen LogP contribution in [0, 0.1) is 5.92 Å². The van der Waals surface area contributed by atoms with Gasteiger partial charge in [-0.25, -0.2) is 4.98 Å². The Hall–Kier alpha value is -2.21. The van der Waals surface area contributed by atoms with Crippen LogP contribution >= 0.6 is 0 Å². The molecule has 21 heavy (non-hydrogen) atoms. The molecule has 3 rings (SSSR count). The maximum absolute atomic E-state index is 12.0. The Kier molecular flexibility index (Phi) is 3.70. The molecule has 6 nitrogen and oxygen atoms in total. The van der Waals surface area contributed by atoms with Crippen LogP contribution < -0.4 is 5.56 Å². The van der Waals surface area contributed by atoms with E-state index in [1.165, 1.54) is 4.40 Å². The average Bonchev–Trinajstić information content (AvgIpc) is 2.48. The fraction of sp³-hybridized carbons (Fsp3) is 0.400. The summed E-state index contributed by atoms with van der Waals surface area (Å²) in [4.78, 5) is 29.6. The summed E-state index contributed by atoms with van der Waals surface area (Å²) in [5.41, 5.74) is 1.29. The van der Waals surface area contributed by atoms with Crippen molar-refractivity contribution in [1.82, 2.24) is 14.3 Å². The molecule has 6 heteroatoms. The van der Waals surface area contributed by atoms with Gasteiger partial charge in [0.15, 0.2) is 0 Å². The second-order valence-corrected chi connectivity index (χ2v) is 5.40. The van der Waals surface area contributed by atoms with E-state index < -0.39 is 5.97 Å². The third-order valence-corrected chi connectivity index (χ3v) is 3.95. The highest BCUT2D eigenvalue weighted by Gasteiger charge is 2.24. The first kappa shape index (κ1) is 13.8. The molecule has 110 valence electrons. The molecule has 1 N–H and O–H groups in total. The van der Waals surface area contributed by atoms with E-state index in [0.29, 0.717) is 25.0 Å². The van der Waals surface area contributed by atoms with Crippen LogP contribution in [0.1, 0.15) is 18.5 Å². The number of carboxylic acid groups (broad SMARTS) is 1. The van der Waals surface area contributed by atoms with E-state index in [9.17, 15) is 9.59 Å². The van der Waals surface area contributed by atoms with Crippen LogP contribution in [0.25, 0.3) is 5.65 Å². The molecule has 1 aliphatic rings. The van der Waals surface area contributed by atoms with Gasteiger partial charge in [-0.05, 0) is 38.1 Å².